The van der Waals surface area contributed by atoms with E-state index < -0.39 is 30.2 Å². The van der Waals surface area contributed by atoms with Crippen molar-refractivity contribution in [3.8, 4) is 16.8 Å². The molecular formula is C41H42F3N5O3. The van der Waals surface area contributed by atoms with E-state index in [0.717, 1.165) is 34.9 Å². The number of anilines is 1. The van der Waals surface area contributed by atoms with E-state index in [0.29, 0.717) is 22.9 Å². The number of aromatic nitrogens is 2. The summed E-state index contributed by atoms with van der Waals surface area (Å²) >= 11 is 0. The molecule has 0 saturated heterocycles. The molecule has 1 fully saturated rings. The van der Waals surface area contributed by atoms with Gasteiger partial charge in [0.25, 0.3) is 5.91 Å². The third-order valence-electron chi connectivity index (χ3n) is 8.50. The summed E-state index contributed by atoms with van der Waals surface area (Å²) in [5, 5.41) is 13.5. The van der Waals surface area contributed by atoms with Crippen LogP contribution in [0.5, 0.6) is 0 Å². The zero-order valence-electron chi connectivity index (χ0n) is 29.3. The molecule has 1 aliphatic rings. The first kappa shape index (κ1) is 36.4. The van der Waals surface area contributed by atoms with Crippen LogP contribution in [0.25, 0.3) is 16.8 Å². The van der Waals surface area contributed by atoms with Crippen molar-refractivity contribution in [2.24, 2.45) is 5.92 Å². The van der Waals surface area contributed by atoms with Crippen molar-refractivity contribution in [2.75, 3.05) is 11.9 Å². The number of hydrogen-bond donors (Lipinski definition) is 3. The number of alkyl halides is 3. The first-order valence-electron chi connectivity index (χ1n) is 17.3. The average molecular weight is 710 g/mol. The van der Waals surface area contributed by atoms with E-state index in [1.54, 1.807) is 51.1 Å². The molecule has 8 nitrogen and oxygen atoms in total. The molecule has 52 heavy (non-hydrogen) atoms. The fourth-order valence-corrected chi connectivity index (χ4v) is 5.89. The minimum absolute atomic E-state index is 0.0678. The maximum atomic E-state index is 13.8. The molecule has 270 valence electrons. The Morgan fingerprint density at radius 2 is 1.56 bits per heavy atom. The number of hydrogen-bond acceptors (Lipinski definition) is 5. The molecule has 4 aromatic carbocycles. The maximum absolute atomic E-state index is 13.8. The van der Waals surface area contributed by atoms with Gasteiger partial charge >= 0.3 is 12.3 Å². The third kappa shape index (κ3) is 10.1. The van der Waals surface area contributed by atoms with Gasteiger partial charge in [0.15, 0.2) is 0 Å². The van der Waals surface area contributed by atoms with Crippen LogP contribution in [-0.4, -0.2) is 40.1 Å². The van der Waals surface area contributed by atoms with E-state index in [-0.39, 0.29) is 24.0 Å². The van der Waals surface area contributed by atoms with Crippen LogP contribution in [0, 0.1) is 5.92 Å². The average Bonchev–Trinajstić information content (AvgIpc) is 3.84. The second-order valence-corrected chi connectivity index (χ2v) is 14.1. The molecule has 0 bridgehead atoms. The first-order valence-corrected chi connectivity index (χ1v) is 17.3. The molecule has 0 aliphatic heterocycles. The van der Waals surface area contributed by atoms with Crippen molar-refractivity contribution < 1.29 is 27.5 Å². The second-order valence-electron chi connectivity index (χ2n) is 14.1. The van der Waals surface area contributed by atoms with Gasteiger partial charge in [0.2, 0.25) is 0 Å². The Bertz CT molecular complexity index is 2000. The van der Waals surface area contributed by atoms with Crippen LogP contribution in [0.3, 0.4) is 0 Å². The summed E-state index contributed by atoms with van der Waals surface area (Å²) in [4.78, 5) is 26.0. The Morgan fingerprint density at radius 1 is 0.846 bits per heavy atom. The lowest BCUT2D eigenvalue weighted by atomic mass is 9.95. The van der Waals surface area contributed by atoms with Crippen molar-refractivity contribution in [1.82, 2.24) is 20.4 Å². The van der Waals surface area contributed by atoms with E-state index >= 15 is 0 Å². The summed E-state index contributed by atoms with van der Waals surface area (Å²) in [6.45, 7) is 6.21. The van der Waals surface area contributed by atoms with Gasteiger partial charge in [-0.3, -0.25) is 4.79 Å². The largest absolute Gasteiger partial charge is 0.444 e. The number of ether oxygens (including phenoxy) is 1. The lowest BCUT2D eigenvalue weighted by Gasteiger charge is -2.21. The number of amides is 2. The lowest BCUT2D eigenvalue weighted by Crippen LogP contribution is -2.32. The SMILES string of the molecule is CC(C)(C)OC(=O)NCc1cccc(-n2nc(CC(F)(F)F)cc2C(=O)Nc2cccc(C(NCC3CC3)c3ccc(-c4ccccc4)cc3)c2)c1. The van der Waals surface area contributed by atoms with Crippen LogP contribution in [-0.2, 0) is 17.7 Å². The number of halogens is 3. The number of nitrogens with one attached hydrogen (secondary N) is 3. The predicted molar refractivity (Wildman–Crippen MR) is 195 cm³/mol. The zero-order chi connectivity index (χ0) is 36.9. The van der Waals surface area contributed by atoms with Crippen LogP contribution in [0.15, 0.2) is 109 Å². The predicted octanol–water partition coefficient (Wildman–Crippen LogP) is 9.01. The van der Waals surface area contributed by atoms with Crippen LogP contribution >= 0.6 is 0 Å². The minimum Gasteiger partial charge on any atom is -0.444 e. The highest BCUT2D eigenvalue weighted by Gasteiger charge is 2.31. The lowest BCUT2D eigenvalue weighted by molar-refractivity contribution is -0.127. The maximum Gasteiger partial charge on any atom is 0.407 e. The topological polar surface area (TPSA) is 97.3 Å². The highest BCUT2D eigenvalue weighted by molar-refractivity contribution is 6.03. The van der Waals surface area contributed by atoms with Gasteiger partial charge in [-0.25, -0.2) is 9.48 Å². The van der Waals surface area contributed by atoms with Crippen molar-refractivity contribution in [3.63, 3.8) is 0 Å². The van der Waals surface area contributed by atoms with E-state index in [1.165, 1.54) is 17.5 Å². The number of carbonyl (C=O) groups is 2. The van der Waals surface area contributed by atoms with E-state index in [1.807, 2.05) is 36.4 Å². The van der Waals surface area contributed by atoms with Gasteiger partial charge in [-0.15, -0.1) is 0 Å². The normalized spacial score (nSPS) is 13.7. The number of alkyl carbamates (subject to hydrolysis) is 1. The molecule has 1 aliphatic carbocycles. The molecule has 1 aromatic heterocycles. The summed E-state index contributed by atoms with van der Waals surface area (Å²) in [6, 6.07) is 33.8. The number of rotatable bonds is 12. The van der Waals surface area contributed by atoms with Gasteiger partial charge < -0.3 is 20.7 Å². The van der Waals surface area contributed by atoms with Crippen molar-refractivity contribution in [1.29, 1.82) is 0 Å². The molecule has 6 rings (SSSR count). The van der Waals surface area contributed by atoms with E-state index in [2.05, 4.69) is 57.4 Å². The Hall–Kier alpha value is -5.42. The molecule has 1 saturated carbocycles. The first-order chi connectivity index (χ1) is 24.8. The smallest absolute Gasteiger partial charge is 0.407 e. The number of carbonyl (C=O) groups excluding carboxylic acids is 2. The molecule has 0 spiro atoms. The van der Waals surface area contributed by atoms with Crippen LogP contribution in [0.1, 0.15) is 72.5 Å². The highest BCUT2D eigenvalue weighted by atomic mass is 19.4. The Labute approximate surface area is 301 Å². The summed E-state index contributed by atoms with van der Waals surface area (Å²) < 4.78 is 46.9. The minimum atomic E-state index is -4.53. The molecule has 1 unspecified atom stereocenters. The summed E-state index contributed by atoms with van der Waals surface area (Å²) in [6.07, 6.45) is -4.05. The number of benzene rings is 4. The molecule has 2 amide bonds. The monoisotopic (exact) mass is 709 g/mol. The third-order valence-corrected chi connectivity index (χ3v) is 8.50. The zero-order valence-corrected chi connectivity index (χ0v) is 29.3. The Morgan fingerprint density at radius 3 is 2.25 bits per heavy atom. The van der Waals surface area contributed by atoms with Gasteiger partial charge in [0.05, 0.1) is 23.8 Å². The highest BCUT2D eigenvalue weighted by Crippen LogP contribution is 2.32. The standard InChI is InChI=1S/C41H42F3N5O3/c1-40(2,3)52-39(51)46-26-28-9-7-14-35(21-28)49-36(23-34(48-49)24-41(42,43)44)38(50)47-33-13-8-12-32(22-33)37(45-25-27-15-16-27)31-19-17-30(18-20-31)29-10-5-4-6-11-29/h4-14,17-23,27,37,45H,15-16,24-26H2,1-3H3,(H,46,51)(H,47,50). The second kappa shape index (κ2) is 15.4. The van der Waals surface area contributed by atoms with Crippen LogP contribution in [0.4, 0.5) is 23.7 Å². The fraction of sp³-hybridized carbons (Fsp3) is 0.293. The fourth-order valence-electron chi connectivity index (χ4n) is 5.89. The Balaban J connectivity index is 1.24. The number of nitrogens with zero attached hydrogens (tertiary/aromatic N) is 2. The summed E-state index contributed by atoms with van der Waals surface area (Å²) in [5.74, 6) is 0.0109. The van der Waals surface area contributed by atoms with Crippen molar-refractivity contribution in [3.05, 3.63) is 137 Å². The molecule has 1 heterocycles. The molecule has 3 N–H and O–H groups in total. The van der Waals surface area contributed by atoms with Gasteiger partial charge in [-0.05, 0) is 104 Å². The van der Waals surface area contributed by atoms with Crippen molar-refractivity contribution in [2.45, 2.75) is 64.4 Å². The van der Waals surface area contributed by atoms with Gasteiger partial charge in [-0.2, -0.15) is 18.3 Å². The Kier molecular flexibility index (Phi) is 10.8. The molecule has 0 radical (unpaired) electrons. The quantitative estimate of drug-likeness (QED) is 0.120. The van der Waals surface area contributed by atoms with Gasteiger partial charge in [-0.1, -0.05) is 78.9 Å². The van der Waals surface area contributed by atoms with Crippen LogP contribution < -0.4 is 16.0 Å². The molecule has 1 atom stereocenters. The van der Waals surface area contributed by atoms with E-state index in [9.17, 15) is 22.8 Å². The van der Waals surface area contributed by atoms with Gasteiger partial charge in [0, 0.05) is 12.2 Å². The van der Waals surface area contributed by atoms with E-state index in [4.69, 9.17) is 4.74 Å². The summed E-state index contributed by atoms with van der Waals surface area (Å²) in [7, 11) is 0. The molecule has 11 heteroatoms. The van der Waals surface area contributed by atoms with Gasteiger partial charge in [0.1, 0.15) is 11.3 Å². The molecular weight excluding hydrogens is 667 g/mol. The van der Waals surface area contributed by atoms with Crippen molar-refractivity contribution >= 4 is 17.7 Å². The molecule has 5 aromatic rings. The summed E-state index contributed by atoms with van der Waals surface area (Å²) in [5.41, 5.74) is 4.68. The van der Waals surface area contributed by atoms with Crippen LogP contribution in [0.2, 0.25) is 0 Å².